The van der Waals surface area contributed by atoms with Gasteiger partial charge in [0.25, 0.3) is 0 Å². The molecule has 2 aromatic heterocycles. The number of carbonyl (C=O) groups is 1. The third-order valence-electron chi connectivity index (χ3n) is 3.20. The number of methoxy groups -OCH3 is 1. The zero-order valence-corrected chi connectivity index (χ0v) is 14.6. The molecule has 3 rings (SSSR count). The second-order valence-corrected chi connectivity index (χ2v) is 4.65. The fraction of sp³-hybridized carbons (Fsp3) is 0.133. The smallest absolute Gasteiger partial charge is 0.545 e. The van der Waals surface area contributed by atoms with E-state index >= 15 is 0 Å². The van der Waals surface area contributed by atoms with Crippen molar-refractivity contribution in [3.8, 4) is 11.3 Å². The van der Waals surface area contributed by atoms with Gasteiger partial charge in [-0.15, -0.1) is 0 Å². The third kappa shape index (κ3) is 3.42. The molecule has 6 nitrogen and oxygen atoms in total. The Morgan fingerprint density at radius 3 is 2.65 bits per heavy atom. The van der Waals surface area contributed by atoms with Crippen LogP contribution in [0.25, 0.3) is 16.9 Å². The van der Waals surface area contributed by atoms with E-state index in [1.807, 2.05) is 0 Å². The van der Waals surface area contributed by atoms with Crippen LogP contribution in [0.1, 0.15) is 16.1 Å². The molecular weight excluding hydrogens is 312 g/mol. The van der Waals surface area contributed by atoms with Crippen LogP contribution in [0.5, 0.6) is 0 Å². The standard InChI is InChI=1S/C15H12FN3O3.Na/c1-22-8-11-6-13(9-2-4-10(16)5-3-9)18-14-12(15(20)21)7-17-19(11)14;/h2-7H,8H2,1H3,(H,20,21);/q;+1/p-1. The van der Waals surface area contributed by atoms with Gasteiger partial charge in [0.05, 0.1) is 35.7 Å². The largest absolute Gasteiger partial charge is 1.00 e. The van der Waals surface area contributed by atoms with E-state index in [-0.39, 0.29) is 53.2 Å². The van der Waals surface area contributed by atoms with Crippen molar-refractivity contribution in [3.63, 3.8) is 0 Å². The number of rotatable bonds is 4. The minimum atomic E-state index is -1.36. The van der Waals surface area contributed by atoms with Gasteiger partial charge in [-0.2, -0.15) is 5.10 Å². The van der Waals surface area contributed by atoms with Crippen molar-refractivity contribution in [1.29, 1.82) is 0 Å². The first-order valence-electron chi connectivity index (χ1n) is 6.44. The number of carboxylic acids is 1. The maximum Gasteiger partial charge on any atom is 1.00 e. The van der Waals surface area contributed by atoms with E-state index < -0.39 is 5.97 Å². The molecule has 0 fully saturated rings. The quantitative estimate of drug-likeness (QED) is 0.522. The van der Waals surface area contributed by atoms with Gasteiger partial charge < -0.3 is 14.6 Å². The van der Waals surface area contributed by atoms with E-state index in [2.05, 4.69) is 10.1 Å². The molecule has 0 saturated carbocycles. The minimum absolute atomic E-state index is 0. The zero-order chi connectivity index (χ0) is 15.7. The van der Waals surface area contributed by atoms with Gasteiger partial charge >= 0.3 is 29.6 Å². The molecule has 23 heavy (non-hydrogen) atoms. The summed E-state index contributed by atoms with van der Waals surface area (Å²) in [6.07, 6.45) is 1.19. The predicted molar refractivity (Wildman–Crippen MR) is 73.4 cm³/mol. The third-order valence-corrected chi connectivity index (χ3v) is 3.20. The first kappa shape index (κ1) is 17.6. The number of ether oxygens (including phenoxy) is 1. The number of nitrogens with zero attached hydrogens (tertiary/aromatic N) is 3. The van der Waals surface area contributed by atoms with Crippen LogP contribution in [0, 0.1) is 5.82 Å². The Morgan fingerprint density at radius 1 is 1.35 bits per heavy atom. The van der Waals surface area contributed by atoms with Crippen LogP contribution in [0.2, 0.25) is 0 Å². The average molecular weight is 323 g/mol. The molecule has 0 saturated heterocycles. The predicted octanol–water partition coefficient (Wildman–Crippen LogP) is -1.95. The number of fused-ring (bicyclic) bond motifs is 1. The van der Waals surface area contributed by atoms with Gasteiger partial charge in [-0.3, -0.25) is 0 Å². The molecule has 0 unspecified atom stereocenters. The van der Waals surface area contributed by atoms with Gasteiger partial charge in [-0.25, -0.2) is 13.9 Å². The molecule has 1 aromatic carbocycles. The minimum Gasteiger partial charge on any atom is -0.545 e. The van der Waals surface area contributed by atoms with Crippen molar-refractivity contribution < 1.29 is 48.6 Å². The topological polar surface area (TPSA) is 79.5 Å². The first-order chi connectivity index (χ1) is 10.6. The Labute approximate surface area is 153 Å². The molecule has 0 amide bonds. The van der Waals surface area contributed by atoms with Crippen LogP contribution in [0.4, 0.5) is 4.39 Å². The van der Waals surface area contributed by atoms with Crippen molar-refractivity contribution in [2.45, 2.75) is 6.61 Å². The van der Waals surface area contributed by atoms with Crippen molar-refractivity contribution in [2.24, 2.45) is 0 Å². The number of halogens is 1. The fourth-order valence-corrected chi connectivity index (χ4v) is 2.19. The summed E-state index contributed by atoms with van der Waals surface area (Å²) in [5, 5.41) is 15.2. The van der Waals surface area contributed by atoms with E-state index in [1.54, 1.807) is 18.2 Å². The molecule has 0 aliphatic heterocycles. The van der Waals surface area contributed by atoms with Crippen molar-refractivity contribution >= 4 is 11.6 Å². The Morgan fingerprint density at radius 2 is 2.04 bits per heavy atom. The number of hydrogen-bond acceptors (Lipinski definition) is 5. The Kier molecular flexibility index (Phi) is 5.48. The first-order valence-corrected chi connectivity index (χ1v) is 6.44. The van der Waals surface area contributed by atoms with Gasteiger partial charge in [0.1, 0.15) is 5.82 Å². The molecule has 0 N–H and O–H groups in total. The number of aromatic nitrogens is 3. The summed E-state index contributed by atoms with van der Waals surface area (Å²) in [5.74, 6) is -1.72. The Balaban J connectivity index is 0.00000192. The van der Waals surface area contributed by atoms with Crippen LogP contribution in [0.15, 0.2) is 36.5 Å². The summed E-state index contributed by atoms with van der Waals surface area (Å²) in [6, 6.07) is 7.48. The molecule has 3 aromatic rings. The maximum atomic E-state index is 13.0. The van der Waals surface area contributed by atoms with E-state index in [9.17, 15) is 14.3 Å². The number of hydrogen-bond donors (Lipinski definition) is 0. The maximum absolute atomic E-state index is 13.0. The molecule has 0 aliphatic rings. The van der Waals surface area contributed by atoms with Gasteiger partial charge in [0, 0.05) is 12.7 Å². The zero-order valence-electron chi connectivity index (χ0n) is 12.6. The van der Waals surface area contributed by atoms with E-state index in [0.29, 0.717) is 17.0 Å². The Bertz CT molecular complexity index is 849. The van der Waals surface area contributed by atoms with Crippen LogP contribution < -0.4 is 34.7 Å². The van der Waals surface area contributed by atoms with Gasteiger partial charge in [0.2, 0.25) is 0 Å². The van der Waals surface area contributed by atoms with Crippen LogP contribution in [-0.2, 0) is 11.3 Å². The second kappa shape index (κ2) is 7.18. The SMILES string of the molecule is COCc1cc(-c2ccc(F)cc2)nc2c(C(=O)[O-])cnn12.[Na+]. The summed E-state index contributed by atoms with van der Waals surface area (Å²) in [6.45, 7) is 0.224. The van der Waals surface area contributed by atoms with Crippen molar-refractivity contribution in [1.82, 2.24) is 14.6 Å². The second-order valence-electron chi connectivity index (χ2n) is 4.65. The normalized spacial score (nSPS) is 10.5. The van der Waals surface area contributed by atoms with Crippen molar-refractivity contribution in [3.05, 3.63) is 53.6 Å². The number of benzene rings is 1. The van der Waals surface area contributed by atoms with Gasteiger partial charge in [0.15, 0.2) is 5.65 Å². The molecule has 2 heterocycles. The molecule has 0 aliphatic carbocycles. The number of carbonyl (C=O) groups excluding carboxylic acids is 1. The summed E-state index contributed by atoms with van der Waals surface area (Å²) in [7, 11) is 1.52. The van der Waals surface area contributed by atoms with E-state index in [1.165, 1.54) is 30.0 Å². The monoisotopic (exact) mass is 323 g/mol. The Hall–Kier alpha value is -1.80. The average Bonchev–Trinajstić information content (AvgIpc) is 2.92. The molecule has 0 atom stereocenters. The molecule has 0 spiro atoms. The van der Waals surface area contributed by atoms with Crippen LogP contribution >= 0.6 is 0 Å². The van der Waals surface area contributed by atoms with Crippen LogP contribution in [-0.4, -0.2) is 27.7 Å². The molecule has 0 radical (unpaired) electrons. The van der Waals surface area contributed by atoms with Gasteiger partial charge in [-0.05, 0) is 30.3 Å². The van der Waals surface area contributed by atoms with E-state index in [0.717, 1.165) is 0 Å². The molecule has 112 valence electrons. The van der Waals surface area contributed by atoms with E-state index in [4.69, 9.17) is 4.74 Å². The molecular formula is C15H11FN3NaO3. The summed E-state index contributed by atoms with van der Waals surface area (Å²) >= 11 is 0. The summed E-state index contributed by atoms with van der Waals surface area (Å²) in [4.78, 5) is 15.5. The molecule has 0 bridgehead atoms. The fourth-order valence-electron chi connectivity index (χ4n) is 2.19. The number of carboxylic acid groups (broad SMARTS) is 1. The van der Waals surface area contributed by atoms with Gasteiger partial charge in [-0.1, -0.05) is 0 Å². The summed E-state index contributed by atoms with van der Waals surface area (Å²) < 4.78 is 19.5. The van der Waals surface area contributed by atoms with Crippen LogP contribution in [0.3, 0.4) is 0 Å². The number of aromatic carboxylic acids is 1. The summed E-state index contributed by atoms with van der Waals surface area (Å²) in [5.41, 5.74) is 1.84. The molecule has 8 heteroatoms. The van der Waals surface area contributed by atoms with Crippen molar-refractivity contribution in [2.75, 3.05) is 7.11 Å².